The summed E-state index contributed by atoms with van der Waals surface area (Å²) in [6.07, 6.45) is 0.243. The van der Waals surface area contributed by atoms with Crippen molar-refractivity contribution in [1.29, 1.82) is 0 Å². The number of halogens is 1. The van der Waals surface area contributed by atoms with E-state index in [1.54, 1.807) is 60.7 Å². The molecular weight excluding hydrogens is 606 g/mol. The lowest BCUT2D eigenvalue weighted by Crippen LogP contribution is -2.54. The van der Waals surface area contributed by atoms with Gasteiger partial charge < -0.3 is 10.2 Å². The van der Waals surface area contributed by atoms with Crippen LogP contribution in [0.2, 0.25) is 5.02 Å². The lowest BCUT2D eigenvalue weighted by atomic mass is 10.0. The molecule has 0 aliphatic carbocycles. The zero-order chi connectivity index (χ0) is 32.7. The molecule has 45 heavy (non-hydrogen) atoms. The van der Waals surface area contributed by atoms with Crippen molar-refractivity contribution in [2.45, 2.75) is 64.6 Å². The number of benzene rings is 4. The van der Waals surface area contributed by atoms with Crippen LogP contribution in [0.4, 0.5) is 5.69 Å². The van der Waals surface area contributed by atoms with Gasteiger partial charge in [-0.15, -0.1) is 0 Å². The second-order valence-electron chi connectivity index (χ2n) is 11.7. The smallest absolute Gasteiger partial charge is 0.264 e. The molecule has 9 heteroatoms. The van der Waals surface area contributed by atoms with Gasteiger partial charge in [0.2, 0.25) is 11.8 Å². The van der Waals surface area contributed by atoms with E-state index in [1.165, 1.54) is 4.90 Å². The summed E-state index contributed by atoms with van der Waals surface area (Å²) in [5.74, 6) is -0.838. The van der Waals surface area contributed by atoms with Crippen molar-refractivity contribution < 1.29 is 18.0 Å². The van der Waals surface area contributed by atoms with E-state index in [0.717, 1.165) is 32.1 Å². The number of carbonyl (C=O) groups excluding carboxylic acids is 2. The van der Waals surface area contributed by atoms with Gasteiger partial charge in [-0.1, -0.05) is 77.8 Å². The summed E-state index contributed by atoms with van der Waals surface area (Å²) in [6, 6.07) is 27.4. The van der Waals surface area contributed by atoms with Gasteiger partial charge in [0.05, 0.1) is 10.6 Å². The molecule has 7 nitrogen and oxygen atoms in total. The molecule has 0 aliphatic heterocycles. The minimum atomic E-state index is -4.17. The topological polar surface area (TPSA) is 86.8 Å². The number of hydrogen-bond acceptors (Lipinski definition) is 4. The van der Waals surface area contributed by atoms with Crippen LogP contribution in [0.15, 0.2) is 102 Å². The molecule has 4 aromatic rings. The van der Waals surface area contributed by atoms with E-state index in [-0.39, 0.29) is 29.8 Å². The average molecular weight is 646 g/mol. The maximum absolute atomic E-state index is 14.5. The van der Waals surface area contributed by atoms with Gasteiger partial charge in [-0.3, -0.25) is 13.9 Å². The van der Waals surface area contributed by atoms with Crippen molar-refractivity contribution >= 4 is 39.1 Å². The van der Waals surface area contributed by atoms with E-state index < -0.39 is 28.5 Å². The molecule has 4 aromatic carbocycles. The molecule has 0 bridgehead atoms. The first-order valence-electron chi connectivity index (χ1n) is 14.9. The van der Waals surface area contributed by atoms with Crippen LogP contribution < -0.4 is 9.62 Å². The number of sulfonamides is 1. The fourth-order valence-corrected chi connectivity index (χ4v) is 6.71. The standard InChI is InChI=1S/C36H40ClN3O4S/c1-25(2)38-36(42)34(22-29-9-7-6-8-10-29)39(23-30-13-15-31(37)16-14-30)35(41)24-40(32-20-27(4)19-28(5)21-32)45(43,44)33-17-11-26(3)12-18-33/h6-21,25,34H,22-24H2,1-5H3,(H,38,42)/t34-/m1/s1. The van der Waals surface area contributed by atoms with Gasteiger partial charge in [0, 0.05) is 24.0 Å². The molecule has 0 spiro atoms. The number of amides is 2. The molecule has 2 amide bonds. The van der Waals surface area contributed by atoms with E-state index in [1.807, 2.05) is 71.0 Å². The van der Waals surface area contributed by atoms with Crippen LogP contribution in [0.3, 0.4) is 0 Å². The van der Waals surface area contributed by atoms with Crippen LogP contribution in [0.5, 0.6) is 0 Å². The van der Waals surface area contributed by atoms with Gasteiger partial charge in [0.25, 0.3) is 10.0 Å². The summed E-state index contributed by atoms with van der Waals surface area (Å²) >= 11 is 6.15. The molecule has 236 valence electrons. The molecule has 0 aliphatic rings. The summed E-state index contributed by atoms with van der Waals surface area (Å²) < 4.78 is 29.6. The van der Waals surface area contributed by atoms with Crippen LogP contribution in [-0.2, 0) is 32.6 Å². The molecule has 0 radical (unpaired) electrons. The van der Waals surface area contributed by atoms with Crippen molar-refractivity contribution in [3.05, 3.63) is 130 Å². The van der Waals surface area contributed by atoms with Crippen molar-refractivity contribution in [3.63, 3.8) is 0 Å². The van der Waals surface area contributed by atoms with Gasteiger partial charge in [-0.2, -0.15) is 0 Å². The second kappa shape index (κ2) is 14.8. The molecule has 0 heterocycles. The Labute approximate surface area is 271 Å². The number of carbonyl (C=O) groups is 2. The quantitative estimate of drug-likeness (QED) is 0.188. The molecule has 1 N–H and O–H groups in total. The Bertz CT molecular complexity index is 1700. The monoisotopic (exact) mass is 645 g/mol. The molecular formula is C36H40ClN3O4S. The van der Waals surface area contributed by atoms with E-state index in [0.29, 0.717) is 10.7 Å². The summed E-state index contributed by atoms with van der Waals surface area (Å²) in [7, 11) is -4.17. The van der Waals surface area contributed by atoms with E-state index in [9.17, 15) is 18.0 Å². The SMILES string of the molecule is Cc1ccc(S(=O)(=O)N(CC(=O)N(Cc2ccc(Cl)cc2)[C@H](Cc2ccccc2)C(=O)NC(C)C)c2cc(C)cc(C)c2)cc1. The van der Waals surface area contributed by atoms with Crippen LogP contribution in [0, 0.1) is 20.8 Å². The van der Waals surface area contributed by atoms with Crippen molar-refractivity contribution in [3.8, 4) is 0 Å². The predicted molar refractivity (Wildman–Crippen MR) is 181 cm³/mol. The molecule has 4 rings (SSSR count). The third-order valence-electron chi connectivity index (χ3n) is 7.35. The Hall–Kier alpha value is -4.14. The first-order valence-corrected chi connectivity index (χ1v) is 16.7. The Kier molecular flexibility index (Phi) is 11.1. The van der Waals surface area contributed by atoms with E-state index in [4.69, 9.17) is 11.6 Å². The summed E-state index contributed by atoms with van der Waals surface area (Å²) in [5, 5.41) is 3.51. The first-order chi connectivity index (χ1) is 21.3. The Morgan fingerprint density at radius 3 is 1.96 bits per heavy atom. The third-order valence-corrected chi connectivity index (χ3v) is 9.39. The normalized spacial score (nSPS) is 12.1. The number of aryl methyl sites for hydroxylation is 3. The first kappa shape index (κ1) is 33.7. The molecule has 1 atom stereocenters. The van der Waals surface area contributed by atoms with Crippen LogP contribution >= 0.6 is 11.6 Å². The van der Waals surface area contributed by atoms with Gasteiger partial charge >= 0.3 is 0 Å². The number of hydrogen-bond donors (Lipinski definition) is 1. The fraction of sp³-hybridized carbons (Fsp3) is 0.278. The minimum Gasteiger partial charge on any atom is -0.352 e. The maximum Gasteiger partial charge on any atom is 0.264 e. The third kappa shape index (κ3) is 8.96. The highest BCUT2D eigenvalue weighted by atomic mass is 35.5. The lowest BCUT2D eigenvalue weighted by Gasteiger charge is -2.34. The summed E-state index contributed by atoms with van der Waals surface area (Å²) in [5.41, 5.74) is 4.63. The van der Waals surface area contributed by atoms with Crippen molar-refractivity contribution in [2.24, 2.45) is 0 Å². The summed E-state index contributed by atoms with van der Waals surface area (Å²) in [4.78, 5) is 29.9. The lowest BCUT2D eigenvalue weighted by molar-refractivity contribution is -0.140. The van der Waals surface area contributed by atoms with E-state index >= 15 is 0 Å². The number of nitrogens with zero attached hydrogens (tertiary/aromatic N) is 2. The minimum absolute atomic E-state index is 0.0719. The van der Waals surface area contributed by atoms with Gasteiger partial charge in [-0.25, -0.2) is 8.42 Å². The Morgan fingerprint density at radius 2 is 1.38 bits per heavy atom. The number of nitrogens with one attached hydrogen (secondary N) is 1. The zero-order valence-electron chi connectivity index (χ0n) is 26.3. The average Bonchev–Trinajstić information content (AvgIpc) is 2.98. The van der Waals surface area contributed by atoms with Crippen LogP contribution in [0.25, 0.3) is 0 Å². The highest BCUT2D eigenvalue weighted by Crippen LogP contribution is 2.27. The molecule has 0 unspecified atom stereocenters. The zero-order valence-corrected chi connectivity index (χ0v) is 27.9. The van der Waals surface area contributed by atoms with Gasteiger partial charge in [0.1, 0.15) is 12.6 Å². The number of rotatable bonds is 12. The van der Waals surface area contributed by atoms with Crippen LogP contribution in [-0.4, -0.2) is 43.8 Å². The molecule has 0 aromatic heterocycles. The maximum atomic E-state index is 14.5. The fourth-order valence-electron chi connectivity index (χ4n) is 5.18. The highest BCUT2D eigenvalue weighted by Gasteiger charge is 2.35. The molecule has 0 saturated heterocycles. The van der Waals surface area contributed by atoms with Gasteiger partial charge in [-0.05, 0) is 93.3 Å². The van der Waals surface area contributed by atoms with Crippen LogP contribution in [0.1, 0.15) is 41.7 Å². The Morgan fingerprint density at radius 1 is 0.778 bits per heavy atom. The number of anilines is 1. The predicted octanol–water partition coefficient (Wildman–Crippen LogP) is 6.63. The van der Waals surface area contributed by atoms with Crippen molar-refractivity contribution in [1.82, 2.24) is 10.2 Å². The Balaban J connectivity index is 1.82. The molecule has 0 saturated carbocycles. The molecule has 0 fully saturated rings. The highest BCUT2D eigenvalue weighted by molar-refractivity contribution is 7.92. The largest absolute Gasteiger partial charge is 0.352 e. The van der Waals surface area contributed by atoms with E-state index in [2.05, 4.69) is 5.32 Å². The summed E-state index contributed by atoms with van der Waals surface area (Å²) in [6.45, 7) is 8.93. The van der Waals surface area contributed by atoms with Crippen molar-refractivity contribution in [2.75, 3.05) is 10.8 Å². The van der Waals surface area contributed by atoms with Gasteiger partial charge in [0.15, 0.2) is 0 Å². The second-order valence-corrected chi connectivity index (χ2v) is 14.0.